The van der Waals surface area contributed by atoms with Gasteiger partial charge in [0.1, 0.15) is 11.5 Å². The summed E-state index contributed by atoms with van der Waals surface area (Å²) in [5.41, 5.74) is 2.94. The summed E-state index contributed by atoms with van der Waals surface area (Å²) < 4.78 is 0. The standard InChI is InChI=1S/C17H17Cl2NO2/c1-10(11-3-5-14(21)6-4-11)17(22)15-9-13(20-2)7-12(18)8-16(15)19/h3-8,20-22H,9H2,1-2H3/b17-10-. The summed E-state index contributed by atoms with van der Waals surface area (Å²) in [4.78, 5) is 0. The lowest BCUT2D eigenvalue weighted by Crippen LogP contribution is -2.08. The van der Waals surface area contributed by atoms with Crippen LogP contribution in [0.5, 0.6) is 5.75 Å². The molecular weight excluding hydrogens is 321 g/mol. The van der Waals surface area contributed by atoms with Gasteiger partial charge in [0.05, 0.1) is 0 Å². The third-order valence-corrected chi connectivity index (χ3v) is 4.05. The number of phenolic OH excluding ortho intramolecular Hbond substituents is 1. The molecule has 0 heterocycles. The van der Waals surface area contributed by atoms with Crippen LogP contribution in [0.4, 0.5) is 0 Å². The van der Waals surface area contributed by atoms with Crippen molar-refractivity contribution in [3.05, 3.63) is 69.1 Å². The molecule has 0 aliphatic heterocycles. The number of hydrogen-bond donors (Lipinski definition) is 3. The zero-order chi connectivity index (χ0) is 16.3. The van der Waals surface area contributed by atoms with E-state index in [0.717, 1.165) is 11.3 Å². The van der Waals surface area contributed by atoms with Crippen molar-refractivity contribution in [2.24, 2.45) is 0 Å². The molecule has 0 fully saturated rings. The van der Waals surface area contributed by atoms with Crippen LogP contribution < -0.4 is 5.32 Å². The van der Waals surface area contributed by atoms with Crippen LogP contribution in [0, 0.1) is 0 Å². The van der Waals surface area contributed by atoms with E-state index in [-0.39, 0.29) is 11.5 Å². The number of aromatic hydroxyl groups is 1. The van der Waals surface area contributed by atoms with Gasteiger partial charge in [-0.2, -0.15) is 0 Å². The summed E-state index contributed by atoms with van der Waals surface area (Å²) in [7, 11) is 1.79. The molecular formula is C17H17Cl2NO2. The number of aliphatic hydroxyl groups is 1. The highest BCUT2D eigenvalue weighted by Crippen LogP contribution is 2.33. The fourth-order valence-electron chi connectivity index (χ4n) is 2.17. The highest BCUT2D eigenvalue weighted by molar-refractivity contribution is 6.36. The molecule has 0 unspecified atom stereocenters. The van der Waals surface area contributed by atoms with E-state index in [2.05, 4.69) is 5.32 Å². The molecule has 0 amide bonds. The lowest BCUT2D eigenvalue weighted by molar-refractivity contribution is 0.422. The number of rotatable bonds is 3. The molecule has 3 N–H and O–H groups in total. The van der Waals surface area contributed by atoms with Gasteiger partial charge in [0.2, 0.25) is 0 Å². The second-order valence-electron chi connectivity index (χ2n) is 4.97. The number of phenols is 1. The Bertz CT molecular complexity index is 698. The minimum atomic E-state index is 0.111. The number of benzene rings is 1. The largest absolute Gasteiger partial charge is 0.508 e. The number of halogens is 2. The number of nitrogens with one attached hydrogen (secondary N) is 1. The van der Waals surface area contributed by atoms with Gasteiger partial charge in [0, 0.05) is 34.8 Å². The second-order valence-corrected chi connectivity index (χ2v) is 5.82. The summed E-state index contributed by atoms with van der Waals surface area (Å²) >= 11 is 12.4. The van der Waals surface area contributed by atoms with Gasteiger partial charge in [-0.1, -0.05) is 35.3 Å². The van der Waals surface area contributed by atoms with Crippen LogP contribution in [-0.2, 0) is 0 Å². The highest BCUT2D eigenvalue weighted by atomic mass is 35.5. The lowest BCUT2D eigenvalue weighted by atomic mass is 9.99. The van der Waals surface area contributed by atoms with Gasteiger partial charge in [0.15, 0.2) is 0 Å². The first-order valence-corrected chi connectivity index (χ1v) is 7.51. The third kappa shape index (κ3) is 3.67. The monoisotopic (exact) mass is 337 g/mol. The van der Waals surface area contributed by atoms with Crippen LogP contribution in [0.25, 0.3) is 5.57 Å². The van der Waals surface area contributed by atoms with Crippen LogP contribution >= 0.6 is 23.2 Å². The van der Waals surface area contributed by atoms with Gasteiger partial charge in [-0.05, 0) is 42.3 Å². The summed E-state index contributed by atoms with van der Waals surface area (Å²) in [6, 6.07) is 6.63. The molecule has 0 radical (unpaired) electrons. The number of aliphatic hydroxyl groups excluding tert-OH is 1. The van der Waals surface area contributed by atoms with Crippen LogP contribution in [0.1, 0.15) is 18.9 Å². The summed E-state index contributed by atoms with van der Waals surface area (Å²) in [5.74, 6) is 0.289. The van der Waals surface area contributed by atoms with E-state index in [9.17, 15) is 10.2 Å². The molecule has 0 saturated carbocycles. The minimum Gasteiger partial charge on any atom is -0.508 e. The Hall–Kier alpha value is -1.84. The molecule has 2 rings (SSSR count). The van der Waals surface area contributed by atoms with E-state index in [0.29, 0.717) is 27.6 Å². The normalized spacial score (nSPS) is 16.5. The smallest absolute Gasteiger partial charge is 0.124 e. The molecule has 0 aromatic heterocycles. The lowest BCUT2D eigenvalue weighted by Gasteiger charge is -2.13. The zero-order valence-electron chi connectivity index (χ0n) is 12.3. The quantitative estimate of drug-likeness (QED) is 0.694. The van der Waals surface area contributed by atoms with Gasteiger partial charge in [-0.3, -0.25) is 0 Å². The molecule has 1 aliphatic carbocycles. The van der Waals surface area contributed by atoms with E-state index >= 15 is 0 Å². The molecule has 0 atom stereocenters. The zero-order valence-corrected chi connectivity index (χ0v) is 13.8. The van der Waals surface area contributed by atoms with Crippen molar-refractivity contribution < 1.29 is 10.2 Å². The molecule has 1 aromatic carbocycles. The first kappa shape index (κ1) is 16.5. The van der Waals surface area contributed by atoms with Crippen molar-refractivity contribution in [3.63, 3.8) is 0 Å². The van der Waals surface area contributed by atoms with Crippen LogP contribution in [-0.4, -0.2) is 17.3 Å². The maximum atomic E-state index is 10.6. The summed E-state index contributed by atoms with van der Waals surface area (Å²) in [6.45, 7) is 1.80. The van der Waals surface area contributed by atoms with E-state index in [1.807, 2.05) is 0 Å². The Morgan fingerprint density at radius 1 is 1.14 bits per heavy atom. The van der Waals surface area contributed by atoms with Crippen molar-refractivity contribution in [1.29, 1.82) is 0 Å². The van der Waals surface area contributed by atoms with E-state index in [1.54, 1.807) is 50.4 Å². The van der Waals surface area contributed by atoms with Crippen molar-refractivity contribution in [3.8, 4) is 5.75 Å². The van der Waals surface area contributed by atoms with Crippen molar-refractivity contribution >= 4 is 28.8 Å². The Morgan fingerprint density at radius 3 is 2.36 bits per heavy atom. The van der Waals surface area contributed by atoms with Gasteiger partial charge >= 0.3 is 0 Å². The third-order valence-electron chi connectivity index (χ3n) is 3.49. The van der Waals surface area contributed by atoms with Crippen LogP contribution in [0.2, 0.25) is 0 Å². The molecule has 3 nitrogen and oxygen atoms in total. The highest BCUT2D eigenvalue weighted by Gasteiger charge is 2.17. The fourth-order valence-corrected chi connectivity index (χ4v) is 2.74. The molecule has 0 spiro atoms. The Kier molecular flexibility index (Phi) is 5.22. The topological polar surface area (TPSA) is 52.5 Å². The molecule has 0 bridgehead atoms. The van der Waals surface area contributed by atoms with E-state index in [4.69, 9.17) is 23.2 Å². The summed E-state index contributed by atoms with van der Waals surface area (Å²) in [6.07, 6.45) is 3.84. The van der Waals surface area contributed by atoms with Crippen molar-refractivity contribution in [1.82, 2.24) is 5.32 Å². The van der Waals surface area contributed by atoms with Gasteiger partial charge in [-0.25, -0.2) is 0 Å². The molecule has 116 valence electrons. The molecule has 5 heteroatoms. The predicted octanol–water partition coefficient (Wildman–Crippen LogP) is 4.80. The molecule has 22 heavy (non-hydrogen) atoms. The maximum absolute atomic E-state index is 10.6. The maximum Gasteiger partial charge on any atom is 0.124 e. The molecule has 1 aliphatic rings. The first-order chi connectivity index (χ1) is 10.4. The predicted molar refractivity (Wildman–Crippen MR) is 91.9 cm³/mol. The van der Waals surface area contributed by atoms with Crippen molar-refractivity contribution in [2.45, 2.75) is 13.3 Å². The second kappa shape index (κ2) is 6.95. The van der Waals surface area contributed by atoms with Crippen LogP contribution in [0.3, 0.4) is 0 Å². The minimum absolute atomic E-state index is 0.111. The van der Waals surface area contributed by atoms with Gasteiger partial charge < -0.3 is 15.5 Å². The van der Waals surface area contributed by atoms with Crippen LogP contribution in [0.15, 0.2) is 63.5 Å². The average Bonchev–Trinajstić information content (AvgIpc) is 2.64. The van der Waals surface area contributed by atoms with Crippen molar-refractivity contribution in [2.75, 3.05) is 7.05 Å². The van der Waals surface area contributed by atoms with Gasteiger partial charge in [-0.15, -0.1) is 0 Å². The number of allylic oxidation sites excluding steroid dienone is 7. The Balaban J connectivity index is 2.48. The SMILES string of the molecule is CNC1=CC(Cl)=CC(Cl)=C(/C(O)=C(\C)c2ccc(O)cc2)C1. The fraction of sp³-hybridized carbons (Fsp3) is 0.176. The van der Waals surface area contributed by atoms with E-state index < -0.39 is 0 Å². The first-order valence-electron chi connectivity index (χ1n) is 6.76. The Morgan fingerprint density at radius 2 is 1.77 bits per heavy atom. The molecule has 0 saturated heterocycles. The molecule has 1 aromatic rings. The summed E-state index contributed by atoms with van der Waals surface area (Å²) in [5, 5.41) is 23.9. The van der Waals surface area contributed by atoms with E-state index in [1.165, 1.54) is 0 Å². The Labute approximate surface area is 139 Å². The average molecular weight is 338 g/mol. The number of hydrogen-bond acceptors (Lipinski definition) is 3. The van der Waals surface area contributed by atoms with Gasteiger partial charge in [0.25, 0.3) is 0 Å².